The smallest absolute Gasteiger partial charge is 0.389 e. The zero-order valence-corrected chi connectivity index (χ0v) is 12.4. The van der Waals surface area contributed by atoms with Crippen LogP contribution in [0.5, 0.6) is 5.88 Å². The highest BCUT2D eigenvalue weighted by atomic mass is 32.2. The Morgan fingerprint density at radius 3 is 2.65 bits per heavy atom. The van der Waals surface area contributed by atoms with E-state index in [1.54, 1.807) is 13.8 Å². The summed E-state index contributed by atoms with van der Waals surface area (Å²) < 4.78 is 28.6. The fraction of sp³-hybridized carbons (Fsp3) is 0.400. The number of aryl methyl sites for hydroxylation is 1. The molecule has 0 radical (unpaired) electrons. The Bertz CT molecular complexity index is 769. The molecular weight excluding hydrogens is 304 g/mol. The zero-order valence-electron chi connectivity index (χ0n) is 10.8. The summed E-state index contributed by atoms with van der Waals surface area (Å²) in [4.78, 5) is 23.1. The van der Waals surface area contributed by atoms with E-state index in [0.29, 0.717) is 17.1 Å². The Labute approximate surface area is 118 Å². The van der Waals surface area contributed by atoms with E-state index >= 15 is 0 Å². The highest BCUT2D eigenvalue weighted by Gasteiger charge is 2.22. The van der Waals surface area contributed by atoms with Crippen LogP contribution < -0.4 is 10.5 Å². The number of amides is 1. The maximum absolute atomic E-state index is 12.0. The number of primary amides is 1. The molecule has 0 saturated carbocycles. The quantitative estimate of drug-likeness (QED) is 0.893. The predicted molar refractivity (Wildman–Crippen MR) is 72.5 cm³/mol. The number of hydrogen-bond acceptors (Lipinski definition) is 8. The molecule has 0 aliphatic heterocycles. The third-order valence-corrected chi connectivity index (χ3v) is 5.58. The number of fused-ring (bicyclic) bond motifs is 1. The van der Waals surface area contributed by atoms with Crippen LogP contribution in [-0.2, 0) is 9.84 Å². The highest BCUT2D eigenvalue weighted by molar-refractivity contribution is 7.93. The van der Waals surface area contributed by atoms with E-state index in [1.807, 2.05) is 0 Å². The number of carbonyl (C=O) groups is 1. The van der Waals surface area contributed by atoms with E-state index < -0.39 is 15.9 Å². The first-order chi connectivity index (χ1) is 9.33. The first-order valence-corrected chi connectivity index (χ1v) is 8.15. The summed E-state index contributed by atoms with van der Waals surface area (Å²) in [5.41, 5.74) is 5.06. The first kappa shape index (κ1) is 14.6. The molecule has 0 fully saturated rings. The van der Waals surface area contributed by atoms with Crippen molar-refractivity contribution in [2.24, 2.45) is 5.73 Å². The molecule has 0 saturated heterocycles. The highest BCUT2D eigenvalue weighted by Crippen LogP contribution is 2.30. The number of thiazole rings is 1. The molecule has 2 aromatic rings. The number of rotatable bonds is 4. The van der Waals surface area contributed by atoms with Crippen LogP contribution in [0.3, 0.4) is 0 Å². The number of nitrogens with two attached hydrogens (primary N) is 1. The van der Waals surface area contributed by atoms with Gasteiger partial charge in [-0.05, 0) is 13.3 Å². The minimum Gasteiger partial charge on any atom is -0.389 e. The molecule has 1 amide bonds. The standard InChI is InChI=1S/C10H12N4O4S2/c1-3-4-20(16,17)10-14-6-7(18-9(11)15)12-5(2)13-8(6)19-10/h3-4H2,1-2H3,(H2,11,15). The van der Waals surface area contributed by atoms with Crippen LogP contribution in [0.25, 0.3) is 10.3 Å². The Morgan fingerprint density at radius 2 is 2.05 bits per heavy atom. The lowest BCUT2D eigenvalue weighted by atomic mass is 10.5. The summed E-state index contributed by atoms with van der Waals surface area (Å²) >= 11 is 0.917. The van der Waals surface area contributed by atoms with Gasteiger partial charge in [-0.2, -0.15) is 4.98 Å². The maximum Gasteiger partial charge on any atom is 0.411 e. The summed E-state index contributed by atoms with van der Waals surface area (Å²) in [5.74, 6) is 0.191. The van der Waals surface area contributed by atoms with Crippen molar-refractivity contribution in [1.29, 1.82) is 0 Å². The van der Waals surface area contributed by atoms with Gasteiger partial charge in [-0.3, -0.25) is 0 Å². The van der Waals surface area contributed by atoms with E-state index in [2.05, 4.69) is 15.0 Å². The topological polar surface area (TPSA) is 125 Å². The molecule has 10 heteroatoms. The van der Waals surface area contributed by atoms with Crippen LogP contribution in [0.2, 0.25) is 0 Å². The Balaban J connectivity index is 2.61. The monoisotopic (exact) mass is 316 g/mol. The molecule has 0 aliphatic rings. The van der Waals surface area contributed by atoms with Gasteiger partial charge in [0.25, 0.3) is 5.88 Å². The van der Waals surface area contributed by atoms with E-state index in [4.69, 9.17) is 10.5 Å². The summed E-state index contributed by atoms with van der Waals surface area (Å²) in [6, 6.07) is 0. The Hall–Kier alpha value is -1.81. The van der Waals surface area contributed by atoms with E-state index in [0.717, 1.165) is 11.3 Å². The molecule has 0 spiro atoms. The number of aromatic nitrogens is 3. The predicted octanol–water partition coefficient (Wildman–Crippen LogP) is 1.04. The molecule has 20 heavy (non-hydrogen) atoms. The van der Waals surface area contributed by atoms with Crippen molar-refractivity contribution in [1.82, 2.24) is 15.0 Å². The largest absolute Gasteiger partial charge is 0.411 e. The zero-order chi connectivity index (χ0) is 14.9. The fourth-order valence-corrected chi connectivity index (χ4v) is 4.18. The second-order valence-corrected chi connectivity index (χ2v) is 7.21. The number of sulfone groups is 1. The van der Waals surface area contributed by atoms with Crippen LogP contribution in [0.1, 0.15) is 19.2 Å². The van der Waals surface area contributed by atoms with Crippen molar-refractivity contribution in [3.05, 3.63) is 5.82 Å². The SMILES string of the molecule is CCCS(=O)(=O)c1nc2c(OC(N)=O)nc(C)nc2s1. The number of nitrogens with zero attached hydrogens (tertiary/aromatic N) is 3. The van der Waals surface area contributed by atoms with Gasteiger partial charge in [0.1, 0.15) is 5.82 Å². The van der Waals surface area contributed by atoms with Gasteiger partial charge < -0.3 is 10.5 Å². The van der Waals surface area contributed by atoms with Crippen LogP contribution in [0, 0.1) is 6.92 Å². The molecule has 2 rings (SSSR count). The normalized spacial score (nSPS) is 11.7. The van der Waals surface area contributed by atoms with Gasteiger partial charge in [0.05, 0.1) is 5.75 Å². The molecule has 0 unspecified atom stereocenters. The number of ether oxygens (including phenoxy) is 1. The van der Waals surface area contributed by atoms with Gasteiger partial charge in [-0.15, -0.1) is 0 Å². The van der Waals surface area contributed by atoms with Crippen LogP contribution >= 0.6 is 11.3 Å². The lowest BCUT2D eigenvalue weighted by Crippen LogP contribution is -2.17. The molecule has 2 heterocycles. The summed E-state index contributed by atoms with van der Waals surface area (Å²) in [6.45, 7) is 3.35. The van der Waals surface area contributed by atoms with Gasteiger partial charge in [0, 0.05) is 0 Å². The third kappa shape index (κ3) is 2.85. The van der Waals surface area contributed by atoms with Gasteiger partial charge in [-0.1, -0.05) is 18.3 Å². The average molecular weight is 316 g/mol. The average Bonchev–Trinajstić information content (AvgIpc) is 2.72. The van der Waals surface area contributed by atoms with E-state index in [1.165, 1.54) is 0 Å². The van der Waals surface area contributed by atoms with Crippen molar-refractivity contribution in [3.63, 3.8) is 0 Å². The Kier molecular flexibility index (Phi) is 3.86. The van der Waals surface area contributed by atoms with E-state index in [9.17, 15) is 13.2 Å². The van der Waals surface area contributed by atoms with Crippen molar-refractivity contribution in [2.75, 3.05) is 5.75 Å². The summed E-state index contributed by atoms with van der Waals surface area (Å²) in [7, 11) is -3.46. The van der Waals surface area contributed by atoms with Crippen LogP contribution in [-0.4, -0.2) is 35.2 Å². The second kappa shape index (κ2) is 5.29. The van der Waals surface area contributed by atoms with Gasteiger partial charge in [0.15, 0.2) is 10.3 Å². The molecule has 2 N–H and O–H groups in total. The number of hydrogen-bond donors (Lipinski definition) is 1. The number of carbonyl (C=O) groups excluding carboxylic acids is 1. The molecule has 108 valence electrons. The minimum absolute atomic E-state index is 0.00869. The summed E-state index contributed by atoms with van der Waals surface area (Å²) in [6.07, 6.45) is -0.566. The molecule has 0 atom stereocenters. The fourth-order valence-electron chi connectivity index (χ4n) is 1.54. The molecule has 0 aromatic carbocycles. The van der Waals surface area contributed by atoms with E-state index in [-0.39, 0.29) is 21.5 Å². The first-order valence-electron chi connectivity index (χ1n) is 5.68. The second-order valence-electron chi connectivity index (χ2n) is 3.95. The lowest BCUT2D eigenvalue weighted by molar-refractivity contribution is 0.209. The molecule has 8 nitrogen and oxygen atoms in total. The maximum atomic E-state index is 12.0. The van der Waals surface area contributed by atoms with Gasteiger partial charge >= 0.3 is 6.09 Å². The molecule has 0 aliphatic carbocycles. The molecular formula is C10H12N4O4S2. The molecule has 0 bridgehead atoms. The summed E-state index contributed by atoms with van der Waals surface area (Å²) in [5, 5.41) is 0. The minimum atomic E-state index is -3.46. The van der Waals surface area contributed by atoms with Crippen LogP contribution in [0.15, 0.2) is 4.34 Å². The lowest BCUT2D eigenvalue weighted by Gasteiger charge is -2.00. The van der Waals surface area contributed by atoms with Crippen molar-refractivity contribution in [3.8, 4) is 5.88 Å². The van der Waals surface area contributed by atoms with Crippen molar-refractivity contribution in [2.45, 2.75) is 24.6 Å². The van der Waals surface area contributed by atoms with Crippen molar-refractivity contribution >= 4 is 37.6 Å². The van der Waals surface area contributed by atoms with Gasteiger partial charge in [-0.25, -0.2) is 23.2 Å². The Morgan fingerprint density at radius 1 is 1.35 bits per heavy atom. The molecule has 2 aromatic heterocycles. The van der Waals surface area contributed by atoms with Gasteiger partial charge in [0.2, 0.25) is 14.2 Å². The van der Waals surface area contributed by atoms with Crippen LogP contribution in [0.4, 0.5) is 4.79 Å². The van der Waals surface area contributed by atoms with Crippen molar-refractivity contribution < 1.29 is 17.9 Å². The third-order valence-electron chi connectivity index (χ3n) is 2.26.